The van der Waals surface area contributed by atoms with E-state index in [1.807, 2.05) is 23.9 Å². The highest BCUT2D eigenvalue weighted by atomic mass is 32.1. The number of nitrogens with two attached hydrogens (primary N) is 1. The lowest BCUT2D eigenvalue weighted by Gasteiger charge is -2.12. The van der Waals surface area contributed by atoms with Crippen LogP contribution in [0.2, 0.25) is 0 Å². The fourth-order valence-corrected chi connectivity index (χ4v) is 1.93. The maximum Gasteiger partial charge on any atom is 0.217 e. The first-order chi connectivity index (χ1) is 8.08. The quantitative estimate of drug-likeness (QED) is 0.703. The first-order valence-corrected chi connectivity index (χ1v) is 6.01. The minimum atomic E-state index is -0.281. The summed E-state index contributed by atoms with van der Waals surface area (Å²) >= 11 is 5.19. The number of rotatable bonds is 7. The second-order valence-corrected chi connectivity index (χ2v) is 4.59. The number of carbonyl (C=O) groups excluding carboxylic acids is 1. The highest BCUT2D eigenvalue weighted by Gasteiger charge is 2.08. The van der Waals surface area contributed by atoms with E-state index in [-0.39, 0.29) is 11.8 Å². The Kier molecular flexibility index (Phi) is 5.62. The Labute approximate surface area is 106 Å². The monoisotopic (exact) mass is 254 g/mol. The summed E-state index contributed by atoms with van der Waals surface area (Å²) in [6.07, 6.45) is 4.71. The van der Waals surface area contributed by atoms with Crippen LogP contribution in [0.25, 0.3) is 0 Å². The van der Waals surface area contributed by atoms with Crippen LogP contribution in [-0.2, 0) is 11.3 Å². The summed E-state index contributed by atoms with van der Waals surface area (Å²) in [7, 11) is 0. The van der Waals surface area contributed by atoms with E-state index in [0.717, 1.165) is 18.1 Å². The van der Waals surface area contributed by atoms with Crippen molar-refractivity contribution >= 4 is 23.1 Å². The molecule has 1 aromatic rings. The van der Waals surface area contributed by atoms with Crippen molar-refractivity contribution in [3.05, 3.63) is 18.5 Å². The standard InChI is InChI=1S/C11H18N4OS/c1-9(7-10(12)16)8-11(17)13-4-6-15-5-2-3-14-15/h2-3,5,9H,4,6-8H2,1H3,(H2,12,16)(H,13,17)/t9-/m1/s1. The summed E-state index contributed by atoms with van der Waals surface area (Å²) in [6.45, 7) is 3.48. The Bertz CT molecular complexity index is 364. The molecule has 0 saturated heterocycles. The van der Waals surface area contributed by atoms with Crippen molar-refractivity contribution in [3.8, 4) is 0 Å². The van der Waals surface area contributed by atoms with E-state index in [0.29, 0.717) is 12.8 Å². The predicted molar refractivity (Wildman–Crippen MR) is 70.4 cm³/mol. The lowest BCUT2D eigenvalue weighted by Crippen LogP contribution is -2.28. The normalized spacial score (nSPS) is 12.1. The molecular formula is C11H18N4OS. The smallest absolute Gasteiger partial charge is 0.217 e. The molecule has 0 bridgehead atoms. The van der Waals surface area contributed by atoms with Gasteiger partial charge in [-0.3, -0.25) is 9.48 Å². The zero-order valence-electron chi connectivity index (χ0n) is 9.93. The van der Waals surface area contributed by atoms with E-state index in [2.05, 4.69) is 10.4 Å². The van der Waals surface area contributed by atoms with E-state index < -0.39 is 0 Å². The number of aromatic nitrogens is 2. The highest BCUT2D eigenvalue weighted by molar-refractivity contribution is 7.80. The fraction of sp³-hybridized carbons (Fsp3) is 0.545. The van der Waals surface area contributed by atoms with Crippen LogP contribution in [0.4, 0.5) is 0 Å². The molecule has 0 aromatic carbocycles. The molecule has 1 heterocycles. The number of thiocarbonyl (C=S) groups is 1. The van der Waals surface area contributed by atoms with Gasteiger partial charge in [-0.05, 0) is 12.0 Å². The van der Waals surface area contributed by atoms with E-state index in [1.165, 1.54) is 0 Å². The average molecular weight is 254 g/mol. The van der Waals surface area contributed by atoms with Gasteiger partial charge in [0.05, 0.1) is 11.5 Å². The molecule has 0 unspecified atom stereocenters. The minimum Gasteiger partial charge on any atom is -0.378 e. The maximum atomic E-state index is 10.7. The molecule has 5 nitrogen and oxygen atoms in total. The van der Waals surface area contributed by atoms with Crippen molar-refractivity contribution in [2.75, 3.05) is 6.54 Å². The van der Waals surface area contributed by atoms with Gasteiger partial charge in [0.2, 0.25) is 5.91 Å². The molecular weight excluding hydrogens is 236 g/mol. The predicted octanol–water partition coefficient (Wildman–Crippen LogP) is 0.702. The minimum absolute atomic E-state index is 0.192. The van der Waals surface area contributed by atoms with Gasteiger partial charge in [0.25, 0.3) is 0 Å². The molecule has 0 aliphatic rings. The number of nitrogens with zero attached hydrogens (tertiary/aromatic N) is 2. The fourth-order valence-electron chi connectivity index (χ4n) is 1.55. The highest BCUT2D eigenvalue weighted by Crippen LogP contribution is 2.06. The molecule has 0 aliphatic heterocycles. The van der Waals surface area contributed by atoms with Crippen molar-refractivity contribution in [1.29, 1.82) is 0 Å². The molecule has 1 atom stereocenters. The second-order valence-electron chi connectivity index (χ2n) is 4.10. The first-order valence-electron chi connectivity index (χ1n) is 5.60. The van der Waals surface area contributed by atoms with Crippen LogP contribution in [0.3, 0.4) is 0 Å². The largest absolute Gasteiger partial charge is 0.378 e. The summed E-state index contributed by atoms with van der Waals surface area (Å²) in [5, 5.41) is 7.23. The molecule has 17 heavy (non-hydrogen) atoms. The Balaban J connectivity index is 2.14. The van der Waals surface area contributed by atoms with Crippen molar-refractivity contribution in [2.24, 2.45) is 11.7 Å². The number of hydrogen-bond acceptors (Lipinski definition) is 3. The summed E-state index contributed by atoms with van der Waals surface area (Å²) in [5.74, 6) is -0.0888. The van der Waals surface area contributed by atoms with Gasteiger partial charge in [0.1, 0.15) is 0 Å². The van der Waals surface area contributed by atoms with Gasteiger partial charge < -0.3 is 11.1 Å². The average Bonchev–Trinajstić information content (AvgIpc) is 2.68. The Morgan fingerprint density at radius 2 is 2.35 bits per heavy atom. The lowest BCUT2D eigenvalue weighted by molar-refractivity contribution is -0.118. The van der Waals surface area contributed by atoms with Gasteiger partial charge in [0.15, 0.2) is 0 Å². The van der Waals surface area contributed by atoms with Gasteiger partial charge in [-0.2, -0.15) is 5.10 Å². The van der Waals surface area contributed by atoms with E-state index in [4.69, 9.17) is 18.0 Å². The number of primary amides is 1. The van der Waals surface area contributed by atoms with Gasteiger partial charge in [-0.25, -0.2) is 0 Å². The van der Waals surface area contributed by atoms with Gasteiger partial charge in [-0.15, -0.1) is 0 Å². The van der Waals surface area contributed by atoms with E-state index in [9.17, 15) is 4.79 Å². The van der Waals surface area contributed by atoms with Crippen LogP contribution >= 0.6 is 12.2 Å². The van der Waals surface area contributed by atoms with Crippen LogP contribution in [-0.4, -0.2) is 27.2 Å². The lowest BCUT2D eigenvalue weighted by atomic mass is 10.0. The van der Waals surface area contributed by atoms with Crippen LogP contribution in [0.5, 0.6) is 0 Å². The van der Waals surface area contributed by atoms with Crippen molar-refractivity contribution < 1.29 is 4.79 Å². The van der Waals surface area contributed by atoms with Gasteiger partial charge in [0, 0.05) is 31.8 Å². The molecule has 1 rings (SSSR count). The molecule has 94 valence electrons. The summed E-state index contributed by atoms with van der Waals surface area (Å²) < 4.78 is 1.84. The molecule has 0 fully saturated rings. The molecule has 3 N–H and O–H groups in total. The van der Waals surface area contributed by atoms with E-state index in [1.54, 1.807) is 6.20 Å². The third-order valence-electron chi connectivity index (χ3n) is 2.31. The molecule has 0 radical (unpaired) electrons. The zero-order chi connectivity index (χ0) is 12.7. The number of nitrogens with one attached hydrogen (secondary N) is 1. The van der Waals surface area contributed by atoms with E-state index >= 15 is 0 Å². The third-order valence-corrected chi connectivity index (χ3v) is 2.62. The Morgan fingerprint density at radius 1 is 1.59 bits per heavy atom. The van der Waals surface area contributed by atoms with Crippen molar-refractivity contribution in [1.82, 2.24) is 15.1 Å². The Morgan fingerprint density at radius 3 is 2.94 bits per heavy atom. The zero-order valence-corrected chi connectivity index (χ0v) is 10.7. The number of carbonyl (C=O) groups is 1. The molecule has 0 aliphatic carbocycles. The molecule has 6 heteroatoms. The summed E-state index contributed by atoms with van der Waals surface area (Å²) in [6, 6.07) is 1.88. The SMILES string of the molecule is C[C@H](CC(N)=O)CC(=S)NCCn1cccn1. The van der Waals surface area contributed by atoms with Crippen molar-refractivity contribution in [2.45, 2.75) is 26.3 Å². The van der Waals surface area contributed by atoms with Crippen molar-refractivity contribution in [3.63, 3.8) is 0 Å². The summed E-state index contributed by atoms with van der Waals surface area (Å²) in [4.78, 5) is 11.5. The van der Waals surface area contributed by atoms with Crippen LogP contribution < -0.4 is 11.1 Å². The van der Waals surface area contributed by atoms with Crippen LogP contribution in [0.1, 0.15) is 19.8 Å². The second kappa shape index (κ2) is 7.01. The molecule has 1 aromatic heterocycles. The van der Waals surface area contributed by atoms with Gasteiger partial charge >= 0.3 is 0 Å². The third kappa shape index (κ3) is 6.01. The Hall–Kier alpha value is -1.43. The summed E-state index contributed by atoms with van der Waals surface area (Å²) in [5.41, 5.74) is 5.12. The van der Waals surface area contributed by atoms with Gasteiger partial charge in [-0.1, -0.05) is 19.1 Å². The molecule has 0 saturated carbocycles. The number of amides is 1. The number of hydrogen-bond donors (Lipinski definition) is 2. The maximum absolute atomic E-state index is 10.7. The first kappa shape index (κ1) is 13.6. The molecule has 0 spiro atoms. The molecule has 1 amide bonds. The van der Waals surface area contributed by atoms with Crippen LogP contribution in [0.15, 0.2) is 18.5 Å². The topological polar surface area (TPSA) is 72.9 Å². The van der Waals surface area contributed by atoms with Crippen LogP contribution in [0, 0.1) is 5.92 Å².